The number of aromatic nitrogens is 3. The van der Waals surface area contributed by atoms with E-state index in [2.05, 4.69) is 91.0 Å². The number of halogens is 1. The Labute approximate surface area is 193 Å². The summed E-state index contributed by atoms with van der Waals surface area (Å²) in [6, 6.07) is 25.0. The third kappa shape index (κ3) is 5.03. The Morgan fingerprint density at radius 2 is 1.61 bits per heavy atom. The van der Waals surface area contributed by atoms with Crippen molar-refractivity contribution in [2.45, 2.75) is 44.0 Å². The third-order valence-electron chi connectivity index (χ3n) is 5.18. The highest BCUT2D eigenvalue weighted by atomic mass is 35.5. The Balaban J connectivity index is 1.67. The van der Waals surface area contributed by atoms with Crippen LogP contribution in [0.3, 0.4) is 0 Å². The van der Waals surface area contributed by atoms with Crippen molar-refractivity contribution in [1.82, 2.24) is 14.8 Å². The van der Waals surface area contributed by atoms with E-state index in [1.54, 1.807) is 11.8 Å². The van der Waals surface area contributed by atoms with Gasteiger partial charge in [0.1, 0.15) is 0 Å². The summed E-state index contributed by atoms with van der Waals surface area (Å²) in [7, 11) is 0. The van der Waals surface area contributed by atoms with E-state index in [0.29, 0.717) is 5.02 Å². The molecule has 3 aromatic carbocycles. The van der Waals surface area contributed by atoms with E-state index in [0.717, 1.165) is 28.0 Å². The fourth-order valence-corrected chi connectivity index (χ4v) is 4.44. The van der Waals surface area contributed by atoms with Crippen LogP contribution >= 0.6 is 23.4 Å². The summed E-state index contributed by atoms with van der Waals surface area (Å²) >= 11 is 7.82. The average molecular weight is 448 g/mol. The molecule has 31 heavy (non-hydrogen) atoms. The van der Waals surface area contributed by atoms with Crippen LogP contribution in [0.15, 0.2) is 78.0 Å². The van der Waals surface area contributed by atoms with Gasteiger partial charge >= 0.3 is 0 Å². The lowest BCUT2D eigenvalue weighted by atomic mass is 9.87. The van der Waals surface area contributed by atoms with Crippen molar-refractivity contribution in [2.24, 2.45) is 0 Å². The van der Waals surface area contributed by atoms with Crippen LogP contribution in [0.1, 0.15) is 37.5 Å². The first-order valence-electron chi connectivity index (χ1n) is 10.3. The van der Waals surface area contributed by atoms with E-state index in [1.807, 2.05) is 24.3 Å². The lowest BCUT2D eigenvalue weighted by molar-refractivity contribution is 0.590. The summed E-state index contributed by atoms with van der Waals surface area (Å²) in [5.74, 6) is 1.65. The number of benzene rings is 3. The zero-order chi connectivity index (χ0) is 22.0. The van der Waals surface area contributed by atoms with Gasteiger partial charge in [-0.1, -0.05) is 92.2 Å². The van der Waals surface area contributed by atoms with E-state index in [-0.39, 0.29) is 5.41 Å². The summed E-state index contributed by atoms with van der Waals surface area (Å²) < 4.78 is 2.11. The number of nitrogens with zero attached hydrogens (tertiary/aromatic N) is 3. The molecule has 0 aliphatic heterocycles. The second-order valence-corrected chi connectivity index (χ2v) is 10.1. The van der Waals surface area contributed by atoms with Crippen LogP contribution in [0.5, 0.6) is 0 Å². The highest BCUT2D eigenvalue weighted by Crippen LogP contribution is 2.31. The molecular weight excluding hydrogens is 422 g/mol. The first kappa shape index (κ1) is 21.7. The molecule has 1 aromatic heterocycles. The van der Waals surface area contributed by atoms with Crippen molar-refractivity contribution in [2.75, 3.05) is 0 Å². The molecule has 0 fully saturated rings. The maximum atomic E-state index is 6.13. The van der Waals surface area contributed by atoms with E-state index in [4.69, 9.17) is 11.6 Å². The molecule has 0 unspecified atom stereocenters. The summed E-state index contributed by atoms with van der Waals surface area (Å²) in [6.45, 7) is 8.79. The Kier molecular flexibility index (Phi) is 6.22. The van der Waals surface area contributed by atoms with Crippen molar-refractivity contribution in [3.63, 3.8) is 0 Å². The van der Waals surface area contributed by atoms with Crippen LogP contribution in [-0.2, 0) is 11.2 Å². The van der Waals surface area contributed by atoms with Crippen molar-refractivity contribution in [3.8, 4) is 17.1 Å². The lowest BCUT2D eigenvalue weighted by Gasteiger charge is -2.19. The first-order chi connectivity index (χ1) is 14.8. The highest BCUT2D eigenvalue weighted by molar-refractivity contribution is 7.98. The van der Waals surface area contributed by atoms with Gasteiger partial charge < -0.3 is 0 Å². The van der Waals surface area contributed by atoms with Gasteiger partial charge in [0, 0.05) is 22.0 Å². The second kappa shape index (κ2) is 8.89. The van der Waals surface area contributed by atoms with Crippen LogP contribution in [-0.4, -0.2) is 14.8 Å². The number of hydrogen-bond donors (Lipinski definition) is 0. The fraction of sp³-hybridized carbons (Fsp3) is 0.231. The molecule has 0 spiro atoms. The maximum absolute atomic E-state index is 6.13. The normalized spacial score (nSPS) is 11.6. The Morgan fingerprint density at radius 3 is 2.26 bits per heavy atom. The predicted molar refractivity (Wildman–Crippen MR) is 131 cm³/mol. The molecule has 0 saturated heterocycles. The van der Waals surface area contributed by atoms with Gasteiger partial charge in [0.25, 0.3) is 0 Å². The molecule has 0 aliphatic carbocycles. The zero-order valence-electron chi connectivity index (χ0n) is 18.3. The van der Waals surface area contributed by atoms with Gasteiger partial charge in [-0.2, -0.15) is 0 Å². The summed E-state index contributed by atoms with van der Waals surface area (Å²) in [4.78, 5) is 0. The van der Waals surface area contributed by atoms with Crippen LogP contribution in [0.25, 0.3) is 17.1 Å². The molecule has 0 amide bonds. The minimum atomic E-state index is 0.156. The number of rotatable bonds is 5. The molecule has 0 N–H and O–H groups in total. The van der Waals surface area contributed by atoms with E-state index in [9.17, 15) is 0 Å². The molecule has 4 aromatic rings. The van der Waals surface area contributed by atoms with Crippen LogP contribution in [0, 0.1) is 6.92 Å². The Morgan fingerprint density at radius 1 is 0.903 bits per heavy atom. The lowest BCUT2D eigenvalue weighted by Crippen LogP contribution is -2.10. The van der Waals surface area contributed by atoms with Gasteiger partial charge in [-0.25, -0.2) is 0 Å². The molecule has 3 nitrogen and oxygen atoms in total. The monoisotopic (exact) mass is 447 g/mol. The van der Waals surface area contributed by atoms with Crippen LogP contribution in [0.4, 0.5) is 0 Å². The smallest absolute Gasteiger partial charge is 0.196 e. The van der Waals surface area contributed by atoms with Crippen molar-refractivity contribution >= 4 is 23.4 Å². The molecule has 0 aliphatic rings. The SMILES string of the molecule is Cc1cccc(-c2nnc(SCc3ccc(C(C)(C)C)cc3)n2-c2ccc(Cl)cc2)c1. The van der Waals surface area contributed by atoms with Gasteiger partial charge in [-0.15, -0.1) is 10.2 Å². The van der Waals surface area contributed by atoms with Gasteiger partial charge in [-0.3, -0.25) is 4.57 Å². The maximum Gasteiger partial charge on any atom is 0.196 e. The van der Waals surface area contributed by atoms with Gasteiger partial charge in [0.2, 0.25) is 0 Å². The largest absolute Gasteiger partial charge is 0.270 e. The molecule has 0 atom stereocenters. The molecule has 4 rings (SSSR count). The standard InChI is InChI=1S/C26H26ClN3S/c1-18-6-5-7-20(16-18)24-28-29-25(30(24)23-14-12-22(27)13-15-23)31-17-19-8-10-21(11-9-19)26(2,3)4/h5-16H,17H2,1-4H3. The van der Waals surface area contributed by atoms with Crippen molar-refractivity contribution in [1.29, 1.82) is 0 Å². The number of hydrogen-bond acceptors (Lipinski definition) is 3. The fourth-order valence-electron chi connectivity index (χ4n) is 3.41. The molecule has 0 saturated carbocycles. The molecule has 1 heterocycles. The molecule has 158 valence electrons. The van der Waals surface area contributed by atoms with Gasteiger partial charge in [0.05, 0.1) is 0 Å². The minimum Gasteiger partial charge on any atom is -0.270 e. The van der Waals surface area contributed by atoms with Crippen LogP contribution in [0.2, 0.25) is 5.02 Å². The highest BCUT2D eigenvalue weighted by Gasteiger charge is 2.17. The molecular formula is C26H26ClN3S. The predicted octanol–water partition coefficient (Wildman–Crippen LogP) is 7.49. The quantitative estimate of drug-likeness (QED) is 0.297. The Bertz CT molecular complexity index is 1170. The van der Waals surface area contributed by atoms with Gasteiger partial charge in [-0.05, 0) is 53.8 Å². The number of aryl methyl sites for hydroxylation is 1. The minimum absolute atomic E-state index is 0.156. The van der Waals surface area contributed by atoms with E-state index < -0.39 is 0 Å². The summed E-state index contributed by atoms with van der Waals surface area (Å²) in [5, 5.41) is 10.7. The average Bonchev–Trinajstić information content (AvgIpc) is 3.16. The first-order valence-corrected chi connectivity index (χ1v) is 11.7. The third-order valence-corrected chi connectivity index (χ3v) is 6.43. The Hall–Kier alpha value is -2.56. The summed E-state index contributed by atoms with van der Waals surface area (Å²) in [6.07, 6.45) is 0. The topological polar surface area (TPSA) is 30.7 Å². The summed E-state index contributed by atoms with van der Waals surface area (Å²) in [5.41, 5.74) is 5.99. The number of thioether (sulfide) groups is 1. The van der Waals surface area contributed by atoms with Gasteiger partial charge in [0.15, 0.2) is 11.0 Å². The molecule has 0 bridgehead atoms. The van der Waals surface area contributed by atoms with Crippen molar-refractivity contribution in [3.05, 3.63) is 94.5 Å². The molecule has 0 radical (unpaired) electrons. The zero-order valence-corrected chi connectivity index (χ0v) is 19.8. The second-order valence-electron chi connectivity index (χ2n) is 8.72. The van der Waals surface area contributed by atoms with Crippen LogP contribution < -0.4 is 0 Å². The van der Waals surface area contributed by atoms with E-state index in [1.165, 1.54) is 16.7 Å². The molecule has 5 heteroatoms. The van der Waals surface area contributed by atoms with E-state index >= 15 is 0 Å². The van der Waals surface area contributed by atoms with Crippen molar-refractivity contribution < 1.29 is 0 Å².